The molecule has 0 aromatic carbocycles. The summed E-state index contributed by atoms with van der Waals surface area (Å²) in [6, 6.07) is 0.699. The molecule has 1 amide bonds. The zero-order valence-corrected chi connectivity index (χ0v) is 16.3. The maximum Gasteiger partial charge on any atom is 0.435 e. The number of likely N-dealkylation sites (tertiary alicyclic amines) is 1. The quantitative estimate of drug-likeness (QED) is 0.660. The molecule has 1 aliphatic heterocycles. The molecule has 0 radical (unpaired) electrons. The van der Waals surface area contributed by atoms with E-state index in [1.807, 2.05) is 0 Å². The molecule has 0 bridgehead atoms. The lowest BCUT2D eigenvalue weighted by Gasteiger charge is -2.58. The Labute approximate surface area is 164 Å². The van der Waals surface area contributed by atoms with Crippen LogP contribution in [0.25, 0.3) is 0 Å². The molecule has 0 N–H and O–H groups in total. The van der Waals surface area contributed by atoms with Crippen molar-refractivity contribution in [1.82, 2.24) is 14.7 Å². The number of carbonyl (C=O) groups is 1. The van der Waals surface area contributed by atoms with E-state index in [0.29, 0.717) is 36.7 Å². The zero-order chi connectivity index (χ0) is 21.8. The fraction of sp³-hybridized carbons (Fsp3) is 0.778. The lowest BCUT2D eigenvalue weighted by atomic mass is 9.57. The van der Waals surface area contributed by atoms with Crippen molar-refractivity contribution in [2.24, 2.45) is 11.3 Å². The maximum atomic E-state index is 12.9. The SMILES string of the molecule is CC(C)(C)OC(=O)N1CC2(CC(Cc3cc(C(F)(F)F)nn3CC(F)(F)F)C2)C1. The van der Waals surface area contributed by atoms with Gasteiger partial charge in [0.05, 0.1) is 0 Å². The van der Waals surface area contributed by atoms with Crippen molar-refractivity contribution in [2.45, 2.75) is 64.5 Å². The van der Waals surface area contributed by atoms with E-state index >= 15 is 0 Å². The van der Waals surface area contributed by atoms with Crippen LogP contribution in [0.2, 0.25) is 0 Å². The van der Waals surface area contributed by atoms with Crippen LogP contribution < -0.4 is 0 Å². The molecule has 2 heterocycles. The van der Waals surface area contributed by atoms with Gasteiger partial charge in [-0.25, -0.2) is 4.79 Å². The number of rotatable bonds is 3. The van der Waals surface area contributed by atoms with Gasteiger partial charge in [0.2, 0.25) is 0 Å². The highest BCUT2D eigenvalue weighted by molar-refractivity contribution is 5.69. The molecule has 2 aliphatic rings. The number of ether oxygens (including phenoxy) is 1. The van der Waals surface area contributed by atoms with E-state index in [9.17, 15) is 31.1 Å². The lowest BCUT2D eigenvalue weighted by Crippen LogP contribution is -2.64. The van der Waals surface area contributed by atoms with Crippen molar-refractivity contribution in [3.05, 3.63) is 17.5 Å². The van der Waals surface area contributed by atoms with E-state index in [1.165, 1.54) is 0 Å². The molecule has 1 aromatic heterocycles. The molecule has 1 saturated heterocycles. The standard InChI is InChI=1S/C18H23F6N3O2/c1-15(2,3)29-14(28)26-8-16(9-26)6-11(7-16)4-12-5-13(18(22,23)24)25-27(12)10-17(19,20)21/h5,11H,4,6-10H2,1-3H3. The molecule has 0 atom stereocenters. The monoisotopic (exact) mass is 427 g/mol. The van der Waals surface area contributed by atoms with E-state index < -0.39 is 36.3 Å². The average molecular weight is 427 g/mol. The van der Waals surface area contributed by atoms with Gasteiger partial charge in [0.15, 0.2) is 5.69 Å². The molecule has 3 rings (SSSR count). The molecule has 1 aromatic rings. The van der Waals surface area contributed by atoms with E-state index in [0.717, 1.165) is 0 Å². The van der Waals surface area contributed by atoms with Crippen LogP contribution in [0, 0.1) is 11.3 Å². The molecule has 11 heteroatoms. The third-order valence-corrected chi connectivity index (χ3v) is 5.13. The van der Waals surface area contributed by atoms with Gasteiger partial charge in [-0.2, -0.15) is 31.4 Å². The van der Waals surface area contributed by atoms with Crippen LogP contribution in [0.5, 0.6) is 0 Å². The molecule has 164 valence electrons. The predicted octanol–water partition coefficient (Wildman–Crippen LogP) is 4.65. The van der Waals surface area contributed by atoms with Gasteiger partial charge in [-0.1, -0.05) is 0 Å². The molecule has 29 heavy (non-hydrogen) atoms. The summed E-state index contributed by atoms with van der Waals surface area (Å²) in [5, 5.41) is 3.12. The number of halogens is 6. The summed E-state index contributed by atoms with van der Waals surface area (Å²) in [6.45, 7) is 4.72. The minimum absolute atomic E-state index is 0.0412. The first kappa shape index (κ1) is 21.8. The van der Waals surface area contributed by atoms with Gasteiger partial charge >= 0.3 is 18.4 Å². The van der Waals surface area contributed by atoms with E-state index in [-0.39, 0.29) is 23.4 Å². The number of aromatic nitrogens is 2. The minimum atomic E-state index is -4.80. The Morgan fingerprint density at radius 3 is 2.24 bits per heavy atom. The number of amides is 1. The second kappa shape index (κ2) is 6.80. The summed E-state index contributed by atoms with van der Waals surface area (Å²) in [6.07, 6.45) is -8.49. The number of alkyl halides is 6. The van der Waals surface area contributed by atoms with Gasteiger partial charge in [0.1, 0.15) is 12.1 Å². The second-order valence-corrected chi connectivity index (χ2v) is 9.11. The van der Waals surface area contributed by atoms with Gasteiger partial charge in [0.25, 0.3) is 0 Å². The van der Waals surface area contributed by atoms with Crippen LogP contribution in [-0.4, -0.2) is 45.6 Å². The van der Waals surface area contributed by atoms with Crippen molar-refractivity contribution < 1.29 is 35.9 Å². The number of carbonyl (C=O) groups excluding carboxylic acids is 1. The summed E-state index contributed by atoms with van der Waals surface area (Å²) < 4.78 is 82.4. The van der Waals surface area contributed by atoms with Gasteiger partial charge in [-0.15, -0.1) is 0 Å². The number of nitrogens with zero attached hydrogens (tertiary/aromatic N) is 3. The second-order valence-electron chi connectivity index (χ2n) is 9.11. The topological polar surface area (TPSA) is 47.4 Å². The van der Waals surface area contributed by atoms with E-state index in [2.05, 4.69) is 5.10 Å². The molecule has 1 saturated carbocycles. The summed E-state index contributed by atoms with van der Waals surface area (Å²) in [5.41, 5.74) is -2.10. The first-order chi connectivity index (χ1) is 13.1. The first-order valence-corrected chi connectivity index (χ1v) is 9.24. The van der Waals surface area contributed by atoms with Crippen molar-refractivity contribution in [3.63, 3.8) is 0 Å². The predicted molar refractivity (Wildman–Crippen MR) is 90.0 cm³/mol. The molecule has 0 unspecified atom stereocenters. The summed E-state index contributed by atoms with van der Waals surface area (Å²) in [4.78, 5) is 13.6. The third kappa shape index (κ3) is 5.16. The fourth-order valence-electron chi connectivity index (χ4n) is 4.15. The zero-order valence-electron chi connectivity index (χ0n) is 16.3. The van der Waals surface area contributed by atoms with Crippen molar-refractivity contribution >= 4 is 6.09 Å². The van der Waals surface area contributed by atoms with Gasteiger partial charge < -0.3 is 9.64 Å². The summed E-state index contributed by atoms with van der Waals surface area (Å²) in [7, 11) is 0. The summed E-state index contributed by atoms with van der Waals surface area (Å²) in [5.74, 6) is -0.0412. The first-order valence-electron chi connectivity index (χ1n) is 9.24. The average Bonchev–Trinajstić information content (AvgIpc) is 2.78. The molecule has 1 spiro atoms. The smallest absolute Gasteiger partial charge is 0.435 e. The Kier molecular flexibility index (Phi) is 5.10. The van der Waals surface area contributed by atoms with Gasteiger partial charge in [0, 0.05) is 24.2 Å². The Morgan fingerprint density at radius 2 is 1.76 bits per heavy atom. The molecule has 1 aliphatic carbocycles. The van der Waals surface area contributed by atoms with Crippen molar-refractivity contribution in [1.29, 1.82) is 0 Å². The summed E-state index contributed by atoms with van der Waals surface area (Å²) >= 11 is 0. The van der Waals surface area contributed by atoms with Crippen LogP contribution in [0.3, 0.4) is 0 Å². The van der Waals surface area contributed by atoms with Gasteiger partial charge in [-0.05, 0) is 52.0 Å². The Bertz CT molecular complexity index is 764. The fourth-order valence-corrected chi connectivity index (χ4v) is 4.15. The van der Waals surface area contributed by atoms with Crippen molar-refractivity contribution in [2.75, 3.05) is 13.1 Å². The highest BCUT2D eigenvalue weighted by atomic mass is 19.4. The van der Waals surface area contributed by atoms with Crippen LogP contribution in [-0.2, 0) is 23.9 Å². The van der Waals surface area contributed by atoms with Gasteiger partial charge in [-0.3, -0.25) is 4.68 Å². The molecular weight excluding hydrogens is 404 g/mol. The van der Waals surface area contributed by atoms with Crippen LogP contribution in [0.15, 0.2) is 6.07 Å². The van der Waals surface area contributed by atoms with Crippen LogP contribution in [0.4, 0.5) is 31.1 Å². The molecule has 5 nitrogen and oxygen atoms in total. The van der Waals surface area contributed by atoms with E-state index in [4.69, 9.17) is 4.74 Å². The Morgan fingerprint density at radius 1 is 1.17 bits per heavy atom. The number of hydrogen-bond acceptors (Lipinski definition) is 3. The van der Waals surface area contributed by atoms with Crippen LogP contribution in [0.1, 0.15) is 45.0 Å². The molecular formula is C18H23F6N3O2. The highest BCUT2D eigenvalue weighted by Crippen LogP contribution is 2.53. The number of hydrogen-bond donors (Lipinski definition) is 0. The Balaban J connectivity index is 1.58. The van der Waals surface area contributed by atoms with E-state index in [1.54, 1.807) is 25.7 Å². The third-order valence-electron chi connectivity index (χ3n) is 5.13. The Hall–Kier alpha value is -1.94. The maximum absolute atomic E-state index is 12.9. The minimum Gasteiger partial charge on any atom is -0.444 e. The largest absolute Gasteiger partial charge is 0.444 e. The normalized spacial score (nSPS) is 19.8. The molecule has 2 fully saturated rings. The highest BCUT2D eigenvalue weighted by Gasteiger charge is 2.54. The lowest BCUT2D eigenvalue weighted by molar-refractivity contribution is -0.149. The van der Waals surface area contributed by atoms with Crippen LogP contribution >= 0.6 is 0 Å². The van der Waals surface area contributed by atoms with Crippen molar-refractivity contribution in [3.8, 4) is 0 Å².